The van der Waals surface area contributed by atoms with Crippen LogP contribution < -0.4 is 25.3 Å². The Balaban J connectivity index is 0.828. The number of imide groups is 1. The second kappa shape index (κ2) is 14.5. The lowest BCUT2D eigenvalue weighted by molar-refractivity contribution is -0.120. The number of carbonyl (C=O) groups excluding carboxylic acids is 2. The molecule has 5 aromatic heterocycles. The number of amides is 3. The van der Waals surface area contributed by atoms with E-state index in [4.69, 9.17) is 10.1 Å². The monoisotopic (exact) mass is 757 g/mol. The fourth-order valence-corrected chi connectivity index (χ4v) is 9.41. The van der Waals surface area contributed by atoms with Gasteiger partial charge >= 0.3 is 6.03 Å². The summed E-state index contributed by atoms with van der Waals surface area (Å²) in [6.45, 7) is 9.58. The highest BCUT2D eigenvalue weighted by Crippen LogP contribution is 2.39. The molecule has 3 amide bonds. The van der Waals surface area contributed by atoms with Crippen molar-refractivity contribution in [3.63, 3.8) is 0 Å². The molecule has 0 radical (unpaired) electrons. The summed E-state index contributed by atoms with van der Waals surface area (Å²) >= 11 is 1.63. The molecule has 4 aliphatic rings. The van der Waals surface area contributed by atoms with Gasteiger partial charge < -0.3 is 15.1 Å². The zero-order valence-electron chi connectivity index (χ0n) is 30.9. The molecule has 4 aliphatic heterocycles. The summed E-state index contributed by atoms with van der Waals surface area (Å²) in [5.41, 5.74) is 5.57. The number of rotatable bonds is 9. The van der Waals surface area contributed by atoms with Crippen molar-refractivity contribution in [2.45, 2.75) is 64.1 Å². The molecule has 2 unspecified atom stereocenters. The number of anilines is 4. The Hall–Kier alpha value is -5.66. The Morgan fingerprint density at radius 1 is 0.945 bits per heavy atom. The lowest BCUT2D eigenvalue weighted by Gasteiger charge is -2.43. The molecule has 16 heteroatoms. The molecule has 0 spiro atoms. The smallest absolute Gasteiger partial charge is 0.328 e. The fourth-order valence-electron chi connectivity index (χ4n) is 8.53. The molecule has 0 aliphatic carbocycles. The minimum atomic E-state index is -0.388. The summed E-state index contributed by atoms with van der Waals surface area (Å²) in [7, 11) is 0. The summed E-state index contributed by atoms with van der Waals surface area (Å²) in [5, 5.41) is 31.0. The van der Waals surface area contributed by atoms with E-state index in [-0.39, 0.29) is 18.0 Å². The molecule has 0 saturated carbocycles. The van der Waals surface area contributed by atoms with Crippen LogP contribution in [0.4, 0.5) is 27.1 Å². The number of aromatic nitrogens is 6. The average molecular weight is 758 g/mol. The number of pyridine rings is 2. The third-order valence-electron chi connectivity index (χ3n) is 11.3. The standard InChI is InChI=1S/C39H43N13O2S/c1-24(2)44-32-16-33(34-7-5-27-15-26(17-40)18-43-52(27)34)41-20-31(32)37-46-47-39(55-37)49-22-29-3-4-30(23-49)51(29)21-25-9-12-48(13-10-25)35-8-6-28(19-42-35)50-14-11-36(53)45-38(50)54/h5-8,15-16,18-20,24-25,29-30H,3-4,9-14,21-23H2,1-2H3,(H,41,44)(H,45,53,54). The van der Waals surface area contributed by atoms with Gasteiger partial charge in [-0.15, -0.1) is 10.2 Å². The molecule has 55 heavy (non-hydrogen) atoms. The van der Waals surface area contributed by atoms with E-state index < -0.39 is 0 Å². The van der Waals surface area contributed by atoms with E-state index in [0.29, 0.717) is 42.2 Å². The van der Waals surface area contributed by atoms with Crippen molar-refractivity contribution in [3.05, 3.63) is 60.6 Å². The van der Waals surface area contributed by atoms with E-state index in [0.717, 1.165) is 89.7 Å². The fraction of sp³-hybridized carbons (Fsp3) is 0.436. The van der Waals surface area contributed by atoms with E-state index in [2.05, 4.69) is 66.5 Å². The summed E-state index contributed by atoms with van der Waals surface area (Å²) < 4.78 is 1.81. The van der Waals surface area contributed by atoms with Gasteiger partial charge in [0.05, 0.1) is 46.1 Å². The highest BCUT2D eigenvalue weighted by Gasteiger charge is 2.42. The van der Waals surface area contributed by atoms with Crippen molar-refractivity contribution in [2.75, 3.05) is 59.3 Å². The van der Waals surface area contributed by atoms with Gasteiger partial charge in [-0.05, 0) is 81.8 Å². The van der Waals surface area contributed by atoms with E-state index in [1.807, 2.05) is 41.0 Å². The van der Waals surface area contributed by atoms with Crippen LogP contribution in [0.3, 0.4) is 0 Å². The van der Waals surface area contributed by atoms with Crippen molar-refractivity contribution in [2.24, 2.45) is 5.92 Å². The Morgan fingerprint density at radius 3 is 2.49 bits per heavy atom. The first-order valence-corrected chi connectivity index (χ1v) is 19.9. The molecule has 2 atom stereocenters. The molecular weight excluding hydrogens is 715 g/mol. The minimum absolute atomic E-state index is 0.200. The molecule has 2 bridgehead atoms. The van der Waals surface area contributed by atoms with Crippen LogP contribution in [0.1, 0.15) is 51.5 Å². The van der Waals surface area contributed by atoms with E-state index in [1.165, 1.54) is 12.8 Å². The summed E-state index contributed by atoms with van der Waals surface area (Å²) in [6.07, 6.45) is 10.2. The predicted octanol–water partition coefficient (Wildman–Crippen LogP) is 5.02. The maximum atomic E-state index is 12.2. The number of urea groups is 1. The van der Waals surface area contributed by atoms with Gasteiger partial charge in [0.15, 0.2) is 5.01 Å². The summed E-state index contributed by atoms with van der Waals surface area (Å²) in [6, 6.07) is 14.7. The number of hydrogen-bond donors (Lipinski definition) is 2. The molecule has 4 saturated heterocycles. The quantitative estimate of drug-likeness (QED) is 0.207. The summed E-state index contributed by atoms with van der Waals surface area (Å²) in [5.74, 6) is 1.34. The van der Waals surface area contributed by atoms with Crippen LogP contribution in [0.15, 0.2) is 55.0 Å². The third kappa shape index (κ3) is 6.94. The second-order valence-corrected chi connectivity index (χ2v) is 16.2. The van der Waals surface area contributed by atoms with E-state index in [1.54, 1.807) is 28.6 Å². The zero-order valence-corrected chi connectivity index (χ0v) is 31.7. The van der Waals surface area contributed by atoms with Crippen LogP contribution in [0.2, 0.25) is 0 Å². The van der Waals surface area contributed by atoms with Crippen molar-refractivity contribution < 1.29 is 9.59 Å². The number of nitrogens with one attached hydrogen (secondary N) is 2. The van der Waals surface area contributed by atoms with Gasteiger partial charge in [0.2, 0.25) is 11.0 Å². The molecule has 5 aromatic rings. The number of piperazine rings is 1. The molecule has 4 fully saturated rings. The molecular formula is C39H43N13O2S. The van der Waals surface area contributed by atoms with Crippen molar-refractivity contribution in [3.8, 4) is 28.0 Å². The van der Waals surface area contributed by atoms with E-state index >= 15 is 0 Å². The number of carbonyl (C=O) groups is 2. The Bertz CT molecular complexity index is 2260. The van der Waals surface area contributed by atoms with Crippen LogP contribution in [0.5, 0.6) is 0 Å². The average Bonchev–Trinajstić information content (AvgIpc) is 3.90. The van der Waals surface area contributed by atoms with Gasteiger partial charge in [-0.25, -0.2) is 14.3 Å². The van der Waals surface area contributed by atoms with Crippen molar-refractivity contribution in [1.29, 1.82) is 5.26 Å². The maximum Gasteiger partial charge on any atom is 0.328 e. The first-order chi connectivity index (χ1) is 26.8. The third-order valence-corrected chi connectivity index (χ3v) is 12.3. The second-order valence-electron chi connectivity index (χ2n) is 15.3. The van der Waals surface area contributed by atoms with Crippen LogP contribution in [0.25, 0.3) is 27.5 Å². The number of fused-ring (bicyclic) bond motifs is 3. The number of piperidine rings is 1. The number of hydrogen-bond acceptors (Lipinski definition) is 13. The van der Waals surface area contributed by atoms with Crippen LogP contribution >= 0.6 is 11.3 Å². The van der Waals surface area contributed by atoms with Gasteiger partial charge in [0, 0.05) is 75.7 Å². The molecule has 282 valence electrons. The zero-order chi connectivity index (χ0) is 37.6. The van der Waals surface area contributed by atoms with Gasteiger partial charge in [0.25, 0.3) is 0 Å². The molecule has 2 N–H and O–H groups in total. The molecule has 9 rings (SSSR count). The normalized spacial score (nSPS) is 20.7. The van der Waals surface area contributed by atoms with E-state index in [9.17, 15) is 14.9 Å². The maximum absolute atomic E-state index is 12.2. The minimum Gasteiger partial charge on any atom is -0.382 e. The van der Waals surface area contributed by atoms with Gasteiger partial charge in [-0.3, -0.25) is 24.9 Å². The highest BCUT2D eigenvalue weighted by atomic mass is 32.1. The SMILES string of the molecule is CC(C)Nc1cc(-c2ccc3cc(C#N)cnn23)ncc1-c1nnc(N2CC3CCC(C2)N3CC2CCN(c3ccc(N4CCC(=O)NC4=O)cn3)CC2)s1. The van der Waals surface area contributed by atoms with Crippen molar-refractivity contribution in [1.82, 2.24) is 40.0 Å². The Labute approximate surface area is 323 Å². The van der Waals surface area contributed by atoms with Crippen LogP contribution in [-0.4, -0.2) is 104 Å². The molecule has 9 heterocycles. The first-order valence-electron chi connectivity index (χ1n) is 19.1. The van der Waals surface area contributed by atoms with Crippen LogP contribution in [0, 0.1) is 17.2 Å². The Kier molecular flexibility index (Phi) is 9.27. The lowest BCUT2D eigenvalue weighted by Crippen LogP contribution is -2.55. The molecule has 15 nitrogen and oxygen atoms in total. The molecule has 0 aromatic carbocycles. The van der Waals surface area contributed by atoms with Gasteiger partial charge in [-0.1, -0.05) is 11.3 Å². The van der Waals surface area contributed by atoms with Gasteiger partial charge in [-0.2, -0.15) is 10.4 Å². The summed E-state index contributed by atoms with van der Waals surface area (Å²) in [4.78, 5) is 42.4. The van der Waals surface area contributed by atoms with Gasteiger partial charge in [0.1, 0.15) is 11.9 Å². The number of nitriles is 1. The first kappa shape index (κ1) is 35.1. The Morgan fingerprint density at radius 2 is 1.76 bits per heavy atom. The van der Waals surface area contributed by atoms with Crippen molar-refractivity contribution >= 4 is 51.1 Å². The predicted molar refractivity (Wildman–Crippen MR) is 211 cm³/mol. The lowest BCUT2D eigenvalue weighted by atomic mass is 9.95. The highest BCUT2D eigenvalue weighted by molar-refractivity contribution is 7.18. The van der Waals surface area contributed by atoms with Crippen LogP contribution in [-0.2, 0) is 4.79 Å². The largest absolute Gasteiger partial charge is 0.382 e. The number of nitrogens with zero attached hydrogens (tertiary/aromatic N) is 11. The topological polar surface area (TPSA) is 164 Å².